The van der Waals surface area contributed by atoms with Gasteiger partial charge < -0.3 is 16.1 Å². The molecular formula is C46H35Cl4N10NaO7. The maximum absolute atomic E-state index is 13.1. The van der Waals surface area contributed by atoms with E-state index in [1.807, 2.05) is 0 Å². The molecule has 68 heavy (non-hydrogen) atoms. The second kappa shape index (κ2) is 21.8. The number of carbonyl (C=O) groups is 4. The minimum absolute atomic E-state index is 0. The van der Waals surface area contributed by atoms with Gasteiger partial charge in [-0.1, -0.05) is 58.5 Å². The molecule has 0 unspecified atom stereocenters. The number of hydrogen-bond donors (Lipinski definition) is 2. The van der Waals surface area contributed by atoms with Crippen LogP contribution in [-0.2, 0) is 14.1 Å². The molecular weight excluding hydrogens is 969 g/mol. The molecule has 22 heteroatoms. The average molecular weight is 1000 g/mol. The van der Waals surface area contributed by atoms with E-state index in [0.29, 0.717) is 75.8 Å². The van der Waals surface area contributed by atoms with Crippen LogP contribution < -0.4 is 51.3 Å². The van der Waals surface area contributed by atoms with Crippen molar-refractivity contribution in [2.75, 3.05) is 10.6 Å². The van der Waals surface area contributed by atoms with Gasteiger partial charge in [-0.15, -0.1) is 0 Å². The van der Waals surface area contributed by atoms with E-state index in [9.17, 15) is 28.8 Å². The Morgan fingerprint density at radius 3 is 1.07 bits per heavy atom. The fourth-order valence-corrected chi connectivity index (χ4v) is 7.87. The summed E-state index contributed by atoms with van der Waals surface area (Å²) >= 11 is 25.2. The number of anilines is 4. The average Bonchev–Trinajstić information content (AvgIpc) is 3.27. The zero-order valence-electron chi connectivity index (χ0n) is 37.1. The Labute approximate surface area is 428 Å². The molecule has 0 aliphatic rings. The number of carbonyl (C=O) groups excluding carboxylic acids is 4. The number of nitrogens with zero attached hydrogens (tertiary/aromatic N) is 8. The van der Waals surface area contributed by atoms with Crippen LogP contribution in [0, 0.1) is 0 Å². The summed E-state index contributed by atoms with van der Waals surface area (Å²) in [6, 6.07) is 19.4. The Bertz CT molecular complexity index is 3160. The zero-order valence-corrected chi connectivity index (χ0v) is 42.1. The van der Waals surface area contributed by atoms with Crippen molar-refractivity contribution in [1.29, 1.82) is 0 Å². The largest absolute Gasteiger partial charge is 1.00 e. The van der Waals surface area contributed by atoms with Gasteiger partial charge in [0.2, 0.25) is 11.9 Å². The Morgan fingerprint density at radius 1 is 0.500 bits per heavy atom. The van der Waals surface area contributed by atoms with Crippen molar-refractivity contribution in [2.24, 2.45) is 14.1 Å². The van der Waals surface area contributed by atoms with Crippen molar-refractivity contribution < 1.29 is 54.2 Å². The van der Waals surface area contributed by atoms with E-state index in [2.05, 4.69) is 40.5 Å². The number of ketones is 4. The van der Waals surface area contributed by atoms with E-state index in [1.165, 1.54) is 61.1 Å². The quantitative estimate of drug-likeness (QED) is 0.109. The summed E-state index contributed by atoms with van der Waals surface area (Å²) in [6.45, 7) is 5.45. The van der Waals surface area contributed by atoms with Crippen molar-refractivity contribution in [2.45, 2.75) is 27.7 Å². The van der Waals surface area contributed by atoms with Gasteiger partial charge in [0, 0.05) is 87.5 Å². The topological polar surface area (TPSA) is 244 Å². The molecule has 3 N–H and O–H groups in total. The van der Waals surface area contributed by atoms with E-state index in [1.54, 1.807) is 75.0 Å². The molecule has 8 aromatic rings. The van der Waals surface area contributed by atoms with Crippen LogP contribution >= 0.6 is 46.4 Å². The van der Waals surface area contributed by atoms with Gasteiger partial charge in [-0.2, -0.15) is 9.97 Å². The van der Waals surface area contributed by atoms with Crippen molar-refractivity contribution in [3.8, 4) is 22.3 Å². The third-order valence-corrected chi connectivity index (χ3v) is 11.2. The molecule has 0 amide bonds. The van der Waals surface area contributed by atoms with Gasteiger partial charge in [-0.05, 0) is 60.7 Å². The Balaban J connectivity index is 0.000000247. The maximum Gasteiger partial charge on any atom is 1.00 e. The third kappa shape index (κ3) is 11.2. The summed E-state index contributed by atoms with van der Waals surface area (Å²) in [6.07, 6.45) is 3.11. The summed E-state index contributed by atoms with van der Waals surface area (Å²) in [5.74, 6) is -0.780. The smallest absolute Gasteiger partial charge is 0.870 e. The van der Waals surface area contributed by atoms with Gasteiger partial charge in [0.15, 0.2) is 23.1 Å². The van der Waals surface area contributed by atoms with Crippen molar-refractivity contribution in [1.82, 2.24) is 39.0 Å². The molecule has 0 aliphatic carbocycles. The van der Waals surface area contributed by atoms with Crippen molar-refractivity contribution in [3.63, 3.8) is 0 Å². The molecule has 0 fully saturated rings. The number of nitrogens with one attached hydrogen (secondary N) is 2. The number of halogens is 4. The molecule has 6 heterocycles. The molecule has 0 atom stereocenters. The van der Waals surface area contributed by atoms with Crippen molar-refractivity contribution >= 4 is 115 Å². The van der Waals surface area contributed by atoms with E-state index in [0.717, 1.165) is 0 Å². The van der Waals surface area contributed by atoms with Crippen LogP contribution in [0.5, 0.6) is 0 Å². The predicted octanol–water partition coefficient (Wildman–Crippen LogP) is 6.52. The number of fused-ring (bicyclic) bond motifs is 2. The van der Waals surface area contributed by atoms with E-state index >= 15 is 0 Å². The fraction of sp³-hybridized carbons (Fsp3) is 0.130. The summed E-state index contributed by atoms with van der Waals surface area (Å²) < 4.78 is 2.76. The van der Waals surface area contributed by atoms with E-state index < -0.39 is 0 Å². The first-order valence-electron chi connectivity index (χ1n) is 19.6. The van der Waals surface area contributed by atoms with Crippen LogP contribution in [0.1, 0.15) is 69.6 Å². The molecule has 0 spiro atoms. The molecule has 8 rings (SSSR count). The zero-order chi connectivity index (χ0) is 47.7. The molecule has 0 radical (unpaired) electrons. The molecule has 0 bridgehead atoms. The number of aryl methyl sites for hydroxylation is 2. The third-order valence-electron chi connectivity index (χ3n) is 9.97. The minimum atomic E-state index is -0.330. The van der Waals surface area contributed by atoms with Crippen molar-refractivity contribution in [3.05, 3.63) is 149 Å². The first kappa shape index (κ1) is 52.7. The van der Waals surface area contributed by atoms with Gasteiger partial charge in [-0.25, -0.2) is 19.9 Å². The van der Waals surface area contributed by atoms with Crippen LogP contribution in [-0.4, -0.2) is 67.6 Å². The van der Waals surface area contributed by atoms with Crippen LogP contribution in [0.4, 0.5) is 23.3 Å². The Hall–Kier alpha value is -6.28. The normalized spacial score (nSPS) is 10.6. The number of Topliss-reactive ketones (excluding diaryl/α,β-unsaturated/α-hetero) is 4. The molecule has 340 valence electrons. The molecule has 17 nitrogen and oxygen atoms in total. The number of rotatable bonds is 10. The second-order valence-corrected chi connectivity index (χ2v) is 16.3. The van der Waals surface area contributed by atoms with Crippen LogP contribution in [0.25, 0.3) is 44.3 Å². The SMILES string of the molecule is CC(=O)c1cc(Nc2ncc3cc(-c4c(Cl)cccc4Cl)c(=O)n(C)c3n2)cc(C(C)=O)n1.CC(=O)c1cc(Nc2ncc3cc(-c4c(Cl)cccc4Cl)c(=O)n(C)c3n2)cc(C(C)=O)n1.[Na+].[OH-]. The number of pyridine rings is 4. The Kier molecular flexibility index (Phi) is 16.9. The summed E-state index contributed by atoms with van der Waals surface area (Å²) in [5.41, 5.74) is 3.02. The Morgan fingerprint density at radius 2 is 0.794 bits per heavy atom. The number of benzene rings is 2. The molecule has 6 aromatic heterocycles. The number of hydrogen-bond acceptors (Lipinski definition) is 15. The van der Waals surface area contributed by atoms with Gasteiger partial charge >= 0.3 is 29.6 Å². The van der Waals surface area contributed by atoms with Gasteiger partial charge in [0.1, 0.15) is 34.1 Å². The molecule has 0 saturated heterocycles. The van der Waals surface area contributed by atoms with Gasteiger partial charge in [-0.3, -0.25) is 37.9 Å². The first-order chi connectivity index (χ1) is 31.3. The summed E-state index contributed by atoms with van der Waals surface area (Å²) in [7, 11) is 3.17. The van der Waals surface area contributed by atoms with Crippen LogP contribution in [0.2, 0.25) is 20.1 Å². The predicted molar refractivity (Wildman–Crippen MR) is 257 cm³/mol. The second-order valence-electron chi connectivity index (χ2n) is 14.7. The van der Waals surface area contributed by atoms with Gasteiger partial charge in [0.25, 0.3) is 11.1 Å². The first-order valence-corrected chi connectivity index (χ1v) is 21.1. The van der Waals surface area contributed by atoms with E-state index in [-0.39, 0.29) is 104 Å². The van der Waals surface area contributed by atoms with E-state index in [4.69, 9.17) is 46.4 Å². The molecule has 0 saturated carbocycles. The monoisotopic (exact) mass is 1000 g/mol. The minimum Gasteiger partial charge on any atom is -0.870 e. The maximum atomic E-state index is 13.1. The van der Waals surface area contributed by atoms with Gasteiger partial charge in [0.05, 0.1) is 31.2 Å². The summed E-state index contributed by atoms with van der Waals surface area (Å²) in [5, 5.41) is 8.57. The summed E-state index contributed by atoms with van der Waals surface area (Å²) in [4.78, 5) is 98.9. The number of aromatic nitrogens is 8. The molecule has 2 aromatic carbocycles. The van der Waals surface area contributed by atoms with Crippen LogP contribution in [0.3, 0.4) is 0 Å². The van der Waals surface area contributed by atoms with Crippen LogP contribution in [0.15, 0.2) is 94.8 Å². The fourth-order valence-electron chi connectivity index (χ4n) is 6.67. The standard InChI is InChI=1S/2C23H17Cl2N5O3.Na.H2O/c2*1-11(31)18-8-14(9-19(28-18)12(2)32)27-23-26-10-13-7-15(22(33)30(3)21(13)29-23)20-16(24)5-4-6-17(20)25;;/h2*4-10H,1-3H3,(H,26,27,28,29);;1H2/q;;+1;/p-1. The molecule has 0 aliphatic heterocycles.